The number of nitrogens with zero attached hydrogens (tertiary/aromatic N) is 3. The maximum atomic E-state index is 13.8. The smallest absolute Gasteiger partial charge is 0.254 e. The molecule has 8 rings (SSSR count). The maximum Gasteiger partial charge on any atom is 0.254 e. The Bertz CT molecular complexity index is 1520. The number of aryl methyl sites for hydroxylation is 1. The van der Waals surface area contributed by atoms with Crippen molar-refractivity contribution in [1.82, 2.24) is 9.58 Å². The van der Waals surface area contributed by atoms with E-state index in [0.29, 0.717) is 5.02 Å². The number of hydrazone groups is 1. The Labute approximate surface area is 220 Å². The Hall–Kier alpha value is -3.96. The van der Waals surface area contributed by atoms with Crippen LogP contribution in [0, 0.1) is 25.7 Å². The van der Waals surface area contributed by atoms with Crippen LogP contribution in [0.15, 0.2) is 84.0 Å². The number of carbonyl (C=O) groups excluding carboxylic acids is 2. The zero-order valence-electron chi connectivity index (χ0n) is 20.4. The van der Waals surface area contributed by atoms with Gasteiger partial charge in [-0.2, -0.15) is 10.1 Å². The highest BCUT2D eigenvalue weighted by atomic mass is 35.5. The monoisotopic (exact) mass is 505 g/mol. The SMILES string of the molecule is Cc1cc(/C=N\N2C(=O)[C@H]3C4c5ccccc5C(c5ccccc54)[C@@H]3C2=O)c(C)n1-c1ccc(Cl)cc1. The molecule has 4 aromatic rings. The molecule has 0 unspecified atom stereocenters. The second-order valence-electron chi connectivity index (χ2n) is 10.1. The van der Waals surface area contributed by atoms with Crippen molar-refractivity contribution in [1.29, 1.82) is 0 Å². The Morgan fingerprint density at radius 2 is 1.24 bits per heavy atom. The largest absolute Gasteiger partial charge is 0.318 e. The highest BCUT2D eigenvalue weighted by Crippen LogP contribution is 2.60. The second kappa shape index (κ2) is 8.02. The molecule has 1 fully saturated rings. The fourth-order valence-electron chi connectivity index (χ4n) is 6.80. The number of imide groups is 1. The van der Waals surface area contributed by atoms with Gasteiger partial charge < -0.3 is 4.57 Å². The molecule has 1 aliphatic heterocycles. The quantitative estimate of drug-likeness (QED) is 0.254. The highest BCUT2D eigenvalue weighted by Gasteiger charge is 2.61. The van der Waals surface area contributed by atoms with Crippen LogP contribution in [0.2, 0.25) is 5.02 Å². The predicted molar refractivity (Wildman–Crippen MR) is 143 cm³/mol. The summed E-state index contributed by atoms with van der Waals surface area (Å²) in [7, 11) is 0. The fourth-order valence-corrected chi connectivity index (χ4v) is 6.93. The van der Waals surface area contributed by atoms with Crippen molar-refractivity contribution < 1.29 is 9.59 Å². The summed E-state index contributed by atoms with van der Waals surface area (Å²) in [5.41, 5.74) is 8.48. The topological polar surface area (TPSA) is 54.7 Å². The molecule has 182 valence electrons. The van der Waals surface area contributed by atoms with Gasteiger partial charge in [0.2, 0.25) is 0 Å². The lowest BCUT2D eigenvalue weighted by Crippen LogP contribution is -2.41. The zero-order chi connectivity index (χ0) is 25.4. The first-order valence-corrected chi connectivity index (χ1v) is 12.9. The molecule has 0 N–H and O–H groups in total. The summed E-state index contributed by atoms with van der Waals surface area (Å²) in [6.45, 7) is 4.02. The van der Waals surface area contributed by atoms with Crippen LogP contribution in [-0.2, 0) is 9.59 Å². The molecule has 6 heteroatoms. The zero-order valence-corrected chi connectivity index (χ0v) is 21.2. The van der Waals surface area contributed by atoms with E-state index >= 15 is 0 Å². The summed E-state index contributed by atoms with van der Waals surface area (Å²) in [4.78, 5) is 27.5. The third-order valence-corrected chi connectivity index (χ3v) is 8.54. The van der Waals surface area contributed by atoms with Crippen LogP contribution in [0.1, 0.15) is 51.0 Å². The number of rotatable bonds is 3. The lowest BCUT2D eigenvalue weighted by atomic mass is 9.55. The Kier molecular flexibility index (Phi) is 4.82. The first kappa shape index (κ1) is 22.3. The van der Waals surface area contributed by atoms with E-state index in [-0.39, 0.29) is 23.7 Å². The summed E-state index contributed by atoms with van der Waals surface area (Å²) in [5, 5.41) is 6.31. The highest BCUT2D eigenvalue weighted by molar-refractivity contribution is 6.30. The number of aromatic nitrogens is 1. The van der Waals surface area contributed by atoms with Gasteiger partial charge in [0.25, 0.3) is 11.8 Å². The van der Waals surface area contributed by atoms with E-state index in [0.717, 1.165) is 49.9 Å². The van der Waals surface area contributed by atoms with E-state index in [9.17, 15) is 9.59 Å². The standard InChI is InChI=1S/C31H24ClN3O2/c1-17-15-19(18(2)34(17)21-13-11-20(32)12-14-21)16-33-35-30(36)28-26-22-7-3-4-8-23(22)27(29(28)31(35)37)25-10-6-5-9-24(25)26/h3-16,26-29H,1-2H3/b33-16-/t26?,27?,28-,29-/m0/s1. The molecule has 2 amide bonds. The van der Waals surface area contributed by atoms with Crippen molar-refractivity contribution in [3.63, 3.8) is 0 Å². The summed E-state index contributed by atoms with van der Waals surface area (Å²) in [5.74, 6) is -1.54. The van der Waals surface area contributed by atoms with Gasteiger partial charge in [0, 0.05) is 39.5 Å². The lowest BCUT2D eigenvalue weighted by Gasteiger charge is -2.45. The Balaban J connectivity index is 1.26. The molecule has 2 heterocycles. The van der Waals surface area contributed by atoms with Crippen molar-refractivity contribution >= 4 is 29.6 Å². The molecule has 0 spiro atoms. The van der Waals surface area contributed by atoms with Crippen LogP contribution in [0.4, 0.5) is 0 Å². The van der Waals surface area contributed by atoms with Crippen molar-refractivity contribution in [2.75, 3.05) is 0 Å². The van der Waals surface area contributed by atoms with Crippen molar-refractivity contribution in [3.05, 3.63) is 123 Å². The molecule has 0 radical (unpaired) electrons. The summed E-state index contributed by atoms with van der Waals surface area (Å²) in [6, 6.07) is 26.2. The molecular weight excluding hydrogens is 482 g/mol. The second-order valence-corrected chi connectivity index (χ2v) is 10.6. The van der Waals surface area contributed by atoms with E-state index in [1.54, 1.807) is 6.21 Å². The van der Waals surface area contributed by atoms with Crippen LogP contribution >= 0.6 is 11.6 Å². The van der Waals surface area contributed by atoms with E-state index in [2.05, 4.69) is 33.9 Å². The van der Waals surface area contributed by atoms with Gasteiger partial charge in [0.05, 0.1) is 18.1 Å². The first-order chi connectivity index (χ1) is 18.0. The number of carbonyl (C=O) groups is 2. The minimum absolute atomic E-state index is 0.131. The van der Waals surface area contributed by atoms with Crippen LogP contribution in [0.5, 0.6) is 0 Å². The molecule has 3 aromatic carbocycles. The number of halogens is 1. The van der Waals surface area contributed by atoms with E-state index in [4.69, 9.17) is 11.6 Å². The van der Waals surface area contributed by atoms with Crippen LogP contribution in [0.25, 0.3) is 5.69 Å². The minimum atomic E-state index is -0.430. The first-order valence-electron chi connectivity index (χ1n) is 12.5. The molecular formula is C31H24ClN3O2. The van der Waals surface area contributed by atoms with Crippen LogP contribution in [0.3, 0.4) is 0 Å². The molecule has 2 bridgehead atoms. The number of benzene rings is 3. The Morgan fingerprint density at radius 1 is 0.757 bits per heavy atom. The van der Waals surface area contributed by atoms with E-state index in [1.165, 1.54) is 0 Å². The Morgan fingerprint density at radius 3 is 1.73 bits per heavy atom. The number of amides is 2. The maximum absolute atomic E-state index is 13.8. The lowest BCUT2D eigenvalue weighted by molar-refractivity contribution is -0.139. The van der Waals surface area contributed by atoms with Gasteiger partial charge >= 0.3 is 0 Å². The van der Waals surface area contributed by atoms with Gasteiger partial charge in [-0.1, -0.05) is 60.1 Å². The molecule has 0 saturated carbocycles. The molecule has 1 aromatic heterocycles. The fraction of sp³-hybridized carbons (Fsp3) is 0.194. The third kappa shape index (κ3) is 3.07. The van der Waals surface area contributed by atoms with Crippen LogP contribution < -0.4 is 0 Å². The van der Waals surface area contributed by atoms with Gasteiger partial charge in [-0.05, 0) is 66.4 Å². The van der Waals surface area contributed by atoms with Gasteiger partial charge in [-0.3, -0.25) is 9.59 Å². The predicted octanol–water partition coefficient (Wildman–Crippen LogP) is 5.97. The molecule has 37 heavy (non-hydrogen) atoms. The average molecular weight is 506 g/mol. The molecule has 3 aliphatic carbocycles. The summed E-state index contributed by atoms with van der Waals surface area (Å²) in [6.07, 6.45) is 1.64. The van der Waals surface area contributed by atoms with Gasteiger partial charge in [0.15, 0.2) is 0 Å². The average Bonchev–Trinajstić information content (AvgIpc) is 3.34. The normalized spacial score (nSPS) is 23.5. The third-order valence-electron chi connectivity index (χ3n) is 8.29. The molecule has 2 atom stereocenters. The van der Waals surface area contributed by atoms with E-state index in [1.807, 2.05) is 68.4 Å². The van der Waals surface area contributed by atoms with E-state index < -0.39 is 11.8 Å². The molecule has 1 saturated heterocycles. The van der Waals surface area contributed by atoms with Crippen molar-refractivity contribution in [2.45, 2.75) is 25.7 Å². The minimum Gasteiger partial charge on any atom is -0.318 e. The summed E-state index contributed by atoms with van der Waals surface area (Å²) < 4.78 is 2.11. The number of hydrogen-bond donors (Lipinski definition) is 0. The van der Waals surface area contributed by atoms with Gasteiger partial charge in [-0.15, -0.1) is 0 Å². The van der Waals surface area contributed by atoms with Crippen LogP contribution in [-0.4, -0.2) is 27.6 Å². The van der Waals surface area contributed by atoms with Gasteiger partial charge in [0.1, 0.15) is 0 Å². The molecule has 5 nitrogen and oxygen atoms in total. The summed E-state index contributed by atoms with van der Waals surface area (Å²) >= 11 is 6.07. The molecule has 4 aliphatic rings. The van der Waals surface area contributed by atoms with Crippen molar-refractivity contribution in [2.24, 2.45) is 16.9 Å². The number of hydrogen-bond acceptors (Lipinski definition) is 3. The van der Waals surface area contributed by atoms with Gasteiger partial charge in [-0.25, -0.2) is 0 Å². The van der Waals surface area contributed by atoms with Crippen molar-refractivity contribution in [3.8, 4) is 5.69 Å².